The van der Waals surface area contributed by atoms with Crippen molar-refractivity contribution in [3.05, 3.63) is 15.1 Å². The van der Waals surface area contributed by atoms with Crippen molar-refractivity contribution in [3.8, 4) is 0 Å². The van der Waals surface area contributed by atoms with Gasteiger partial charge in [0.15, 0.2) is 11.2 Å². The zero-order valence-corrected chi connectivity index (χ0v) is 7.92. The number of nitrogens with zero attached hydrogens (tertiary/aromatic N) is 4. The highest BCUT2D eigenvalue weighted by molar-refractivity contribution is 7.71. The Balaban J connectivity index is 3.19. The maximum absolute atomic E-state index is 11.3. The maximum atomic E-state index is 11.3. The molecule has 0 aliphatic carbocycles. The van der Waals surface area contributed by atoms with Crippen LogP contribution in [-0.4, -0.2) is 24.5 Å². The Morgan fingerprint density at radius 3 is 2.85 bits per heavy atom. The maximum Gasteiger partial charge on any atom is 0.327 e. The summed E-state index contributed by atoms with van der Waals surface area (Å²) in [6.45, 7) is 0. The zero-order chi connectivity index (χ0) is 9.59. The first-order valence-corrected chi connectivity index (χ1v) is 4.01. The topological polar surface area (TPSA) is 68.5 Å². The van der Waals surface area contributed by atoms with E-state index in [1.807, 2.05) is 0 Å². The molecule has 0 aliphatic rings. The predicted molar refractivity (Wildman–Crippen MR) is 48.9 cm³/mol. The van der Waals surface area contributed by atoms with Crippen molar-refractivity contribution < 1.29 is 0 Å². The lowest BCUT2D eigenvalue weighted by molar-refractivity contribution is 0.703. The first-order chi connectivity index (χ1) is 6.11. The largest absolute Gasteiger partial charge is 0.327 e. The first kappa shape index (κ1) is 8.11. The minimum atomic E-state index is -0.261. The average molecular weight is 197 g/mol. The van der Waals surface area contributed by atoms with Gasteiger partial charge in [0.1, 0.15) is 4.64 Å². The van der Waals surface area contributed by atoms with Gasteiger partial charge in [0.25, 0.3) is 0 Å². The van der Waals surface area contributed by atoms with E-state index in [0.29, 0.717) is 15.8 Å². The van der Waals surface area contributed by atoms with Gasteiger partial charge in [-0.25, -0.2) is 9.48 Å². The van der Waals surface area contributed by atoms with Crippen LogP contribution in [0.1, 0.15) is 0 Å². The molecule has 0 bridgehead atoms. The Morgan fingerprint density at radius 1 is 1.46 bits per heavy atom. The molecule has 0 atom stereocenters. The van der Waals surface area contributed by atoms with Gasteiger partial charge in [-0.15, -0.1) is 5.10 Å². The quantitative estimate of drug-likeness (QED) is 0.590. The summed E-state index contributed by atoms with van der Waals surface area (Å²) in [6, 6.07) is 0. The number of aromatic nitrogens is 5. The Labute approximate surface area is 77.8 Å². The van der Waals surface area contributed by atoms with Gasteiger partial charge < -0.3 is 0 Å². The molecule has 0 fully saturated rings. The fraction of sp³-hybridized carbons (Fsp3) is 0.333. The highest BCUT2D eigenvalue weighted by Gasteiger charge is 2.07. The van der Waals surface area contributed by atoms with Crippen LogP contribution in [0, 0.1) is 4.64 Å². The van der Waals surface area contributed by atoms with E-state index in [0.717, 1.165) is 0 Å². The molecule has 2 aromatic heterocycles. The van der Waals surface area contributed by atoms with Crippen molar-refractivity contribution in [2.24, 2.45) is 14.1 Å². The standard InChI is InChI=1S/C6H7N5OS/c1-10-5-3(8-9-11(5)2)4(13)7-6(10)12/h1-2H3,(H,7,12,13). The van der Waals surface area contributed by atoms with E-state index < -0.39 is 0 Å². The number of aromatic amines is 1. The third kappa shape index (κ3) is 1.00. The highest BCUT2D eigenvalue weighted by atomic mass is 32.1. The van der Waals surface area contributed by atoms with Crippen LogP contribution < -0.4 is 5.69 Å². The van der Waals surface area contributed by atoms with E-state index in [-0.39, 0.29) is 5.69 Å². The van der Waals surface area contributed by atoms with Crippen LogP contribution in [0.3, 0.4) is 0 Å². The summed E-state index contributed by atoms with van der Waals surface area (Å²) in [5.41, 5.74) is 0.899. The lowest BCUT2D eigenvalue weighted by Gasteiger charge is -1.99. The van der Waals surface area contributed by atoms with Crippen LogP contribution in [0.2, 0.25) is 0 Å². The Bertz CT molecular complexity index is 577. The summed E-state index contributed by atoms with van der Waals surface area (Å²) in [4.78, 5) is 13.8. The molecule has 2 rings (SSSR count). The number of fused-ring (bicyclic) bond motifs is 1. The molecule has 0 aliphatic heterocycles. The summed E-state index contributed by atoms with van der Waals surface area (Å²) >= 11 is 4.93. The van der Waals surface area contributed by atoms with E-state index in [1.54, 1.807) is 14.1 Å². The first-order valence-electron chi connectivity index (χ1n) is 3.60. The number of rotatable bonds is 0. The van der Waals surface area contributed by atoms with Crippen LogP contribution in [0.15, 0.2) is 4.79 Å². The van der Waals surface area contributed by atoms with Gasteiger partial charge in [0, 0.05) is 14.1 Å². The van der Waals surface area contributed by atoms with Gasteiger partial charge in [-0.05, 0) is 0 Å². The summed E-state index contributed by atoms with van der Waals surface area (Å²) in [7, 11) is 3.35. The molecule has 1 N–H and O–H groups in total. The summed E-state index contributed by atoms with van der Waals surface area (Å²) in [6.07, 6.45) is 0. The van der Waals surface area contributed by atoms with Crippen LogP contribution in [-0.2, 0) is 14.1 Å². The fourth-order valence-corrected chi connectivity index (χ4v) is 1.43. The van der Waals surface area contributed by atoms with Gasteiger partial charge in [-0.1, -0.05) is 17.4 Å². The molecule has 0 aromatic carbocycles. The third-order valence-electron chi connectivity index (χ3n) is 1.86. The molecule has 68 valence electrons. The summed E-state index contributed by atoms with van der Waals surface area (Å²) in [5, 5.41) is 7.62. The normalized spacial score (nSPS) is 10.9. The highest BCUT2D eigenvalue weighted by Crippen LogP contribution is 2.05. The van der Waals surface area contributed by atoms with Gasteiger partial charge in [-0.3, -0.25) is 9.55 Å². The third-order valence-corrected chi connectivity index (χ3v) is 2.15. The Hall–Kier alpha value is -1.50. The molecule has 0 saturated heterocycles. The predicted octanol–water partition coefficient (Wildman–Crippen LogP) is -0.275. The monoisotopic (exact) mass is 197 g/mol. The van der Waals surface area contributed by atoms with Crippen molar-refractivity contribution >= 4 is 23.4 Å². The van der Waals surface area contributed by atoms with E-state index >= 15 is 0 Å². The van der Waals surface area contributed by atoms with E-state index in [4.69, 9.17) is 12.2 Å². The van der Waals surface area contributed by atoms with Gasteiger partial charge in [-0.2, -0.15) is 0 Å². The molecule has 2 heterocycles. The van der Waals surface area contributed by atoms with Crippen molar-refractivity contribution in [3.63, 3.8) is 0 Å². The second-order valence-corrected chi connectivity index (χ2v) is 3.11. The Morgan fingerprint density at radius 2 is 2.15 bits per heavy atom. The van der Waals surface area contributed by atoms with Gasteiger partial charge >= 0.3 is 5.69 Å². The molecule has 0 radical (unpaired) electrons. The minimum Gasteiger partial charge on any atom is -0.296 e. The smallest absolute Gasteiger partial charge is 0.296 e. The SMILES string of the molecule is Cn1nnc2c(=S)[nH]c(=O)n(C)c21. The van der Waals surface area contributed by atoms with Crippen molar-refractivity contribution in [1.29, 1.82) is 0 Å². The average Bonchev–Trinajstić information content (AvgIpc) is 2.44. The minimum absolute atomic E-state index is 0.261. The lowest BCUT2D eigenvalue weighted by Crippen LogP contribution is -2.21. The molecule has 0 spiro atoms. The van der Waals surface area contributed by atoms with Gasteiger partial charge in [0.2, 0.25) is 0 Å². The molecule has 0 amide bonds. The van der Waals surface area contributed by atoms with E-state index in [2.05, 4.69) is 15.3 Å². The molecular formula is C6H7N5OS. The van der Waals surface area contributed by atoms with Crippen molar-refractivity contribution in [1.82, 2.24) is 24.5 Å². The second-order valence-electron chi connectivity index (χ2n) is 2.70. The molecule has 6 nitrogen and oxygen atoms in total. The van der Waals surface area contributed by atoms with Crippen LogP contribution in [0.5, 0.6) is 0 Å². The number of aryl methyl sites for hydroxylation is 2. The molecule has 2 aromatic rings. The number of H-pyrrole nitrogens is 1. The molecular weight excluding hydrogens is 190 g/mol. The molecule has 13 heavy (non-hydrogen) atoms. The van der Waals surface area contributed by atoms with Gasteiger partial charge in [0.05, 0.1) is 0 Å². The number of hydrogen-bond donors (Lipinski definition) is 1. The Kier molecular flexibility index (Phi) is 1.56. The summed E-state index contributed by atoms with van der Waals surface area (Å²) < 4.78 is 3.26. The number of hydrogen-bond acceptors (Lipinski definition) is 4. The zero-order valence-electron chi connectivity index (χ0n) is 7.11. The summed E-state index contributed by atoms with van der Waals surface area (Å²) in [5.74, 6) is 0. The molecule has 0 unspecified atom stereocenters. The second kappa shape index (κ2) is 2.49. The van der Waals surface area contributed by atoms with Crippen LogP contribution >= 0.6 is 12.2 Å². The van der Waals surface area contributed by atoms with Crippen molar-refractivity contribution in [2.45, 2.75) is 0 Å². The van der Waals surface area contributed by atoms with Crippen LogP contribution in [0.4, 0.5) is 0 Å². The van der Waals surface area contributed by atoms with E-state index in [1.165, 1.54) is 9.25 Å². The molecule has 0 saturated carbocycles. The lowest BCUT2D eigenvalue weighted by atomic mass is 10.5. The van der Waals surface area contributed by atoms with Crippen LogP contribution in [0.25, 0.3) is 11.2 Å². The molecule has 7 heteroatoms. The van der Waals surface area contributed by atoms with E-state index in [9.17, 15) is 4.79 Å². The number of nitrogens with one attached hydrogen (secondary N) is 1. The van der Waals surface area contributed by atoms with Crippen molar-refractivity contribution in [2.75, 3.05) is 0 Å². The fourth-order valence-electron chi connectivity index (χ4n) is 1.21.